The van der Waals surface area contributed by atoms with Gasteiger partial charge in [-0.1, -0.05) is 82.7 Å². The summed E-state index contributed by atoms with van der Waals surface area (Å²) in [6.07, 6.45) is 11.3. The third-order valence-electron chi connectivity index (χ3n) is 6.08. The fraction of sp³-hybridized carbons (Fsp3) is 0.462. The van der Waals surface area contributed by atoms with Crippen molar-refractivity contribution in [1.82, 2.24) is 0 Å². The van der Waals surface area contributed by atoms with Gasteiger partial charge >= 0.3 is 0 Å². The standard InChI is InChI=1S/C26H34O3S/c1-3-5-7-9-13-23-21-15-11-12-16-22(21)24(14-10-8-6-4-2)26-19-20(30(27,28)29)17-18-25(23)26/h11-12,15-19H,3-10,13-14H2,1-2H3,(H,27,28,29). The molecule has 0 saturated heterocycles. The first-order valence-corrected chi connectivity index (χ1v) is 12.8. The minimum absolute atomic E-state index is 0.0166. The van der Waals surface area contributed by atoms with Crippen LogP contribution in [-0.2, 0) is 23.0 Å². The van der Waals surface area contributed by atoms with Gasteiger partial charge in [0.05, 0.1) is 4.90 Å². The van der Waals surface area contributed by atoms with Crippen LogP contribution in [0.25, 0.3) is 21.5 Å². The number of fused-ring (bicyclic) bond motifs is 2. The Kier molecular flexibility index (Phi) is 7.90. The molecule has 0 fully saturated rings. The lowest BCUT2D eigenvalue weighted by Gasteiger charge is -2.18. The predicted octanol–water partition coefficient (Wildman–Crippen LogP) is 7.49. The molecule has 0 spiro atoms. The molecule has 0 aliphatic carbocycles. The molecule has 3 aromatic rings. The summed E-state index contributed by atoms with van der Waals surface area (Å²) in [4.78, 5) is -0.0166. The summed E-state index contributed by atoms with van der Waals surface area (Å²) < 4.78 is 33.3. The van der Waals surface area contributed by atoms with E-state index < -0.39 is 10.1 Å². The maximum Gasteiger partial charge on any atom is 0.294 e. The molecule has 3 nitrogen and oxygen atoms in total. The molecular formula is C26H34O3S. The number of rotatable bonds is 11. The molecule has 30 heavy (non-hydrogen) atoms. The summed E-state index contributed by atoms with van der Waals surface area (Å²) in [6, 6.07) is 13.7. The largest absolute Gasteiger partial charge is 0.294 e. The average Bonchev–Trinajstić information content (AvgIpc) is 2.73. The Labute approximate surface area is 181 Å². The SMILES string of the molecule is CCCCCCc1c2ccccc2c(CCCCCC)c2cc(S(=O)(=O)O)ccc12. The van der Waals surface area contributed by atoms with Crippen molar-refractivity contribution in [3.8, 4) is 0 Å². The Morgan fingerprint density at radius 2 is 1.17 bits per heavy atom. The minimum atomic E-state index is -4.23. The Hall–Kier alpha value is -1.91. The monoisotopic (exact) mass is 426 g/mol. The maximum absolute atomic E-state index is 11.8. The molecule has 4 heteroatoms. The van der Waals surface area contributed by atoms with Crippen molar-refractivity contribution in [2.45, 2.75) is 83.0 Å². The quantitative estimate of drug-likeness (QED) is 0.196. The lowest BCUT2D eigenvalue weighted by Crippen LogP contribution is -2.01. The van der Waals surface area contributed by atoms with Gasteiger partial charge in [0.1, 0.15) is 0 Å². The lowest BCUT2D eigenvalue weighted by molar-refractivity contribution is 0.483. The number of hydrogen-bond acceptors (Lipinski definition) is 2. The van der Waals surface area contributed by atoms with Crippen molar-refractivity contribution >= 4 is 31.7 Å². The van der Waals surface area contributed by atoms with Gasteiger partial charge in [0.25, 0.3) is 10.1 Å². The Morgan fingerprint density at radius 3 is 1.67 bits per heavy atom. The van der Waals surface area contributed by atoms with Crippen molar-refractivity contribution in [2.24, 2.45) is 0 Å². The molecule has 0 heterocycles. The normalized spacial score (nSPS) is 12.1. The predicted molar refractivity (Wildman–Crippen MR) is 127 cm³/mol. The zero-order valence-corrected chi connectivity index (χ0v) is 19.1. The molecule has 0 unspecified atom stereocenters. The van der Waals surface area contributed by atoms with Gasteiger partial charge in [-0.3, -0.25) is 4.55 Å². The summed E-state index contributed by atoms with van der Waals surface area (Å²) in [5.41, 5.74) is 2.51. The molecule has 0 amide bonds. The van der Waals surface area contributed by atoms with Crippen molar-refractivity contribution < 1.29 is 13.0 Å². The van der Waals surface area contributed by atoms with E-state index in [1.54, 1.807) is 12.1 Å². The summed E-state index contributed by atoms with van der Waals surface area (Å²) >= 11 is 0. The van der Waals surface area contributed by atoms with Gasteiger partial charge in [0.2, 0.25) is 0 Å². The second-order valence-corrected chi connectivity index (χ2v) is 9.73. The Balaban J connectivity index is 2.19. The average molecular weight is 427 g/mol. The molecule has 0 radical (unpaired) electrons. The third-order valence-corrected chi connectivity index (χ3v) is 6.93. The number of hydrogen-bond donors (Lipinski definition) is 1. The molecule has 0 aliphatic heterocycles. The van der Waals surface area contributed by atoms with Crippen LogP contribution in [0.2, 0.25) is 0 Å². The minimum Gasteiger partial charge on any atom is -0.282 e. The Morgan fingerprint density at radius 1 is 0.667 bits per heavy atom. The molecule has 0 saturated carbocycles. The zero-order valence-electron chi connectivity index (χ0n) is 18.3. The molecule has 0 atom stereocenters. The number of aryl methyl sites for hydroxylation is 2. The summed E-state index contributed by atoms with van der Waals surface area (Å²) in [7, 11) is -4.23. The van der Waals surface area contributed by atoms with Crippen LogP contribution >= 0.6 is 0 Å². The summed E-state index contributed by atoms with van der Waals surface area (Å²) in [5.74, 6) is 0. The highest BCUT2D eigenvalue weighted by atomic mass is 32.2. The van der Waals surface area contributed by atoms with Crippen molar-refractivity contribution in [1.29, 1.82) is 0 Å². The van der Waals surface area contributed by atoms with Gasteiger partial charge in [-0.2, -0.15) is 8.42 Å². The molecule has 0 bridgehead atoms. The van der Waals surface area contributed by atoms with Gasteiger partial charge in [0, 0.05) is 0 Å². The van der Waals surface area contributed by atoms with Crippen LogP contribution in [0.4, 0.5) is 0 Å². The lowest BCUT2D eigenvalue weighted by atomic mass is 9.87. The van der Waals surface area contributed by atoms with E-state index in [1.807, 2.05) is 6.07 Å². The molecule has 3 aromatic carbocycles. The first-order valence-electron chi connectivity index (χ1n) is 11.4. The van der Waals surface area contributed by atoms with Crippen molar-refractivity contribution in [3.63, 3.8) is 0 Å². The topological polar surface area (TPSA) is 54.4 Å². The zero-order chi connectivity index (χ0) is 21.6. The molecule has 0 aromatic heterocycles. The molecule has 3 rings (SSSR count). The first-order chi connectivity index (χ1) is 14.5. The van der Waals surface area contributed by atoms with Crippen LogP contribution in [-0.4, -0.2) is 13.0 Å². The van der Waals surface area contributed by atoms with Crippen LogP contribution < -0.4 is 0 Å². The van der Waals surface area contributed by atoms with Gasteiger partial charge in [-0.25, -0.2) is 0 Å². The highest BCUT2D eigenvalue weighted by Crippen LogP contribution is 2.36. The van der Waals surface area contributed by atoms with Gasteiger partial charge in [0.15, 0.2) is 0 Å². The van der Waals surface area contributed by atoms with Crippen molar-refractivity contribution in [2.75, 3.05) is 0 Å². The summed E-state index contributed by atoms with van der Waals surface area (Å²) in [6.45, 7) is 4.42. The van der Waals surface area contributed by atoms with Crippen LogP contribution in [0, 0.1) is 0 Å². The van der Waals surface area contributed by atoms with Gasteiger partial charge in [-0.05, 0) is 70.5 Å². The van der Waals surface area contributed by atoms with Crippen LogP contribution in [0.15, 0.2) is 47.4 Å². The van der Waals surface area contributed by atoms with Crippen molar-refractivity contribution in [3.05, 3.63) is 53.6 Å². The van der Waals surface area contributed by atoms with Gasteiger partial charge < -0.3 is 0 Å². The van der Waals surface area contributed by atoms with E-state index in [1.165, 1.54) is 60.4 Å². The summed E-state index contributed by atoms with van der Waals surface area (Å²) in [5, 5.41) is 4.61. The molecule has 0 aliphatic rings. The van der Waals surface area contributed by atoms with E-state index in [4.69, 9.17) is 0 Å². The third kappa shape index (κ3) is 5.22. The highest BCUT2D eigenvalue weighted by Gasteiger charge is 2.17. The fourth-order valence-corrected chi connectivity index (χ4v) is 5.00. The van der Waals surface area contributed by atoms with Crippen LogP contribution in [0.3, 0.4) is 0 Å². The fourth-order valence-electron chi connectivity index (χ4n) is 4.49. The number of benzene rings is 3. The van der Waals surface area contributed by atoms with Crippen LogP contribution in [0.1, 0.15) is 76.3 Å². The maximum atomic E-state index is 11.8. The first kappa shape index (κ1) is 22.8. The van der Waals surface area contributed by atoms with E-state index in [0.29, 0.717) is 0 Å². The van der Waals surface area contributed by atoms with E-state index in [0.717, 1.165) is 36.5 Å². The molecular weight excluding hydrogens is 392 g/mol. The second-order valence-electron chi connectivity index (χ2n) is 8.31. The van der Waals surface area contributed by atoms with Gasteiger partial charge in [-0.15, -0.1) is 0 Å². The van der Waals surface area contributed by atoms with E-state index in [-0.39, 0.29) is 4.90 Å². The van der Waals surface area contributed by atoms with E-state index >= 15 is 0 Å². The second kappa shape index (κ2) is 10.4. The number of unbranched alkanes of at least 4 members (excludes halogenated alkanes) is 6. The smallest absolute Gasteiger partial charge is 0.282 e. The highest BCUT2D eigenvalue weighted by molar-refractivity contribution is 7.85. The van der Waals surface area contributed by atoms with E-state index in [9.17, 15) is 13.0 Å². The van der Waals surface area contributed by atoms with E-state index in [2.05, 4.69) is 38.1 Å². The molecule has 162 valence electrons. The molecule has 1 N–H and O–H groups in total. The van der Waals surface area contributed by atoms with Crippen LogP contribution in [0.5, 0.6) is 0 Å². The Bertz CT molecular complexity index is 1100.